The van der Waals surface area contributed by atoms with Crippen molar-refractivity contribution in [3.8, 4) is 0 Å². The molecule has 1 N–H and O–H groups in total. The van der Waals surface area contributed by atoms with Crippen molar-refractivity contribution in [1.29, 1.82) is 0 Å². The number of nitro groups is 2. The number of non-ortho nitro benzene ring substituents is 2. The summed E-state index contributed by atoms with van der Waals surface area (Å²) in [4.78, 5) is 48.4. The maximum Gasteiger partial charge on any atom is 0.336 e. The summed E-state index contributed by atoms with van der Waals surface area (Å²) in [6.45, 7) is 7.14. The largest absolute Gasteiger partial charge is 0.463 e. The predicted octanol–water partition coefficient (Wildman–Crippen LogP) is 5.14. The van der Waals surface area contributed by atoms with Gasteiger partial charge in [-0.15, -0.1) is 11.8 Å². The lowest BCUT2D eigenvalue weighted by Gasteiger charge is -2.34. The highest BCUT2D eigenvalue weighted by atomic mass is 32.2. The predicted molar refractivity (Wildman–Crippen MR) is 152 cm³/mol. The Balaban J connectivity index is 2.17. The fourth-order valence-corrected chi connectivity index (χ4v) is 5.48. The SMILES string of the molecule is CCOC(=O)C1=C(C)NC(C(OCC)SCc2ccc([N+](=O)[O-])cc2)=C(C(=O)OCC)C1c1cccc([N+](=O)[O-])c1. The van der Waals surface area contributed by atoms with Gasteiger partial charge in [0.2, 0.25) is 0 Å². The van der Waals surface area contributed by atoms with Crippen LogP contribution in [-0.2, 0) is 29.6 Å². The molecule has 1 aliphatic rings. The van der Waals surface area contributed by atoms with Crippen molar-refractivity contribution in [2.24, 2.45) is 0 Å². The molecule has 2 aromatic rings. The summed E-state index contributed by atoms with van der Waals surface area (Å²) in [5, 5.41) is 25.8. The molecule has 0 saturated carbocycles. The van der Waals surface area contributed by atoms with Gasteiger partial charge >= 0.3 is 11.9 Å². The maximum atomic E-state index is 13.6. The molecule has 0 amide bonds. The first kappa shape index (κ1) is 31.3. The minimum Gasteiger partial charge on any atom is -0.463 e. The number of nitrogens with zero attached hydrogens (tertiary/aromatic N) is 2. The highest BCUT2D eigenvalue weighted by Crippen LogP contribution is 2.43. The summed E-state index contributed by atoms with van der Waals surface area (Å²) >= 11 is 1.32. The Bertz CT molecular complexity index is 1370. The number of allylic oxidation sites excluding steroid dienone is 1. The summed E-state index contributed by atoms with van der Waals surface area (Å²) in [5.41, 5.74) is 1.03. The van der Waals surface area contributed by atoms with E-state index < -0.39 is 33.1 Å². The number of carbonyl (C=O) groups excluding carboxylic acids is 2. The fourth-order valence-electron chi connectivity index (χ4n) is 4.36. The van der Waals surface area contributed by atoms with Crippen LogP contribution in [-0.4, -0.2) is 47.0 Å². The van der Waals surface area contributed by atoms with Crippen LogP contribution in [0.3, 0.4) is 0 Å². The summed E-state index contributed by atoms with van der Waals surface area (Å²) in [6.07, 6.45) is 0. The molecule has 0 spiro atoms. The Morgan fingerprint density at radius 2 is 1.51 bits per heavy atom. The zero-order chi connectivity index (χ0) is 30.1. The first-order valence-electron chi connectivity index (χ1n) is 12.9. The Labute approximate surface area is 241 Å². The van der Waals surface area contributed by atoms with Crippen LogP contribution in [0.2, 0.25) is 0 Å². The molecule has 2 aromatic carbocycles. The number of hydrogen-bond donors (Lipinski definition) is 1. The average molecular weight is 586 g/mol. The molecule has 0 bridgehead atoms. The number of rotatable bonds is 13. The van der Waals surface area contributed by atoms with E-state index in [9.17, 15) is 29.8 Å². The van der Waals surface area contributed by atoms with Gasteiger partial charge in [0.25, 0.3) is 11.4 Å². The number of thioether (sulfide) groups is 1. The molecule has 0 fully saturated rings. The van der Waals surface area contributed by atoms with E-state index in [-0.39, 0.29) is 42.3 Å². The van der Waals surface area contributed by atoms with Crippen LogP contribution in [0, 0.1) is 20.2 Å². The maximum absolute atomic E-state index is 13.6. The number of carbonyl (C=O) groups is 2. The van der Waals surface area contributed by atoms with Crippen LogP contribution in [0.1, 0.15) is 44.7 Å². The van der Waals surface area contributed by atoms with Crippen LogP contribution in [0.25, 0.3) is 0 Å². The third-order valence-corrected chi connectivity index (χ3v) is 7.28. The second-order valence-corrected chi connectivity index (χ2v) is 9.79. The van der Waals surface area contributed by atoms with Gasteiger partial charge in [-0.05, 0) is 38.8 Å². The molecule has 2 atom stereocenters. The molecule has 0 aromatic heterocycles. The van der Waals surface area contributed by atoms with Gasteiger partial charge in [0.15, 0.2) is 0 Å². The van der Waals surface area contributed by atoms with Crippen LogP contribution in [0.4, 0.5) is 11.4 Å². The molecule has 3 rings (SSSR count). The second-order valence-electron chi connectivity index (χ2n) is 8.74. The molecular weight excluding hydrogens is 554 g/mol. The Morgan fingerprint density at radius 3 is 2.07 bits per heavy atom. The number of nitro benzene ring substituents is 2. The van der Waals surface area contributed by atoms with Crippen LogP contribution in [0.5, 0.6) is 0 Å². The van der Waals surface area contributed by atoms with E-state index >= 15 is 0 Å². The molecular formula is C28H31N3O9S. The number of benzene rings is 2. The standard InChI is InChI=1S/C28H31N3O9S/c1-5-38-26(32)22-17(4)29-25(28(40-7-3)41-16-18-11-13-20(14-12-18)30(34)35)24(27(33)39-6-2)23(22)19-9-8-10-21(15-19)31(36)37/h8-15,23,28-29H,5-7,16H2,1-4H3. The first-order chi connectivity index (χ1) is 19.6. The molecule has 2 unspecified atom stereocenters. The molecule has 0 aliphatic carbocycles. The lowest BCUT2D eigenvalue weighted by molar-refractivity contribution is -0.385. The molecule has 0 saturated heterocycles. The molecule has 12 nitrogen and oxygen atoms in total. The summed E-state index contributed by atoms with van der Waals surface area (Å²) in [7, 11) is 0. The molecule has 0 radical (unpaired) electrons. The topological polar surface area (TPSA) is 160 Å². The highest BCUT2D eigenvalue weighted by molar-refractivity contribution is 7.99. The van der Waals surface area contributed by atoms with Crippen molar-refractivity contribution in [3.63, 3.8) is 0 Å². The van der Waals surface area contributed by atoms with Gasteiger partial charge in [0.1, 0.15) is 5.44 Å². The quantitative estimate of drug-likeness (QED) is 0.143. The van der Waals surface area contributed by atoms with E-state index in [0.717, 1.165) is 5.56 Å². The Morgan fingerprint density at radius 1 is 0.902 bits per heavy atom. The smallest absolute Gasteiger partial charge is 0.336 e. The molecule has 41 heavy (non-hydrogen) atoms. The number of dihydropyridines is 1. The van der Waals surface area contributed by atoms with E-state index in [1.54, 1.807) is 45.9 Å². The monoisotopic (exact) mass is 585 g/mol. The fraction of sp³-hybridized carbons (Fsp3) is 0.357. The molecule has 218 valence electrons. The minimum absolute atomic E-state index is 0.0339. The van der Waals surface area contributed by atoms with Crippen LogP contribution >= 0.6 is 11.8 Å². The lowest BCUT2D eigenvalue weighted by atomic mass is 9.80. The zero-order valence-corrected chi connectivity index (χ0v) is 23.9. The van der Waals surface area contributed by atoms with Crippen LogP contribution in [0.15, 0.2) is 71.1 Å². The van der Waals surface area contributed by atoms with E-state index in [0.29, 0.717) is 22.7 Å². The van der Waals surface area contributed by atoms with E-state index in [2.05, 4.69) is 5.32 Å². The van der Waals surface area contributed by atoms with Gasteiger partial charge < -0.3 is 19.5 Å². The third-order valence-electron chi connectivity index (χ3n) is 6.10. The van der Waals surface area contributed by atoms with Crippen molar-refractivity contribution < 1.29 is 33.6 Å². The zero-order valence-electron chi connectivity index (χ0n) is 23.1. The summed E-state index contributed by atoms with van der Waals surface area (Å²) in [5.74, 6) is -2.08. The van der Waals surface area contributed by atoms with Gasteiger partial charge in [-0.3, -0.25) is 20.2 Å². The van der Waals surface area contributed by atoms with Gasteiger partial charge in [-0.1, -0.05) is 24.3 Å². The van der Waals surface area contributed by atoms with Gasteiger partial charge in [-0.2, -0.15) is 0 Å². The van der Waals surface area contributed by atoms with Crippen molar-refractivity contribution in [3.05, 3.63) is 102 Å². The van der Waals surface area contributed by atoms with Gasteiger partial charge in [0.05, 0.1) is 45.8 Å². The first-order valence-corrected chi connectivity index (χ1v) is 13.9. The Kier molecular flexibility index (Phi) is 11.0. The number of hydrogen-bond acceptors (Lipinski definition) is 11. The van der Waals surface area contributed by atoms with Gasteiger partial charge in [-0.25, -0.2) is 9.59 Å². The normalized spacial score (nSPS) is 15.7. The number of ether oxygens (including phenoxy) is 3. The van der Waals surface area contributed by atoms with E-state index in [4.69, 9.17) is 14.2 Å². The minimum atomic E-state index is -1.05. The Hall–Kier alpha value is -4.23. The number of nitrogens with one attached hydrogen (secondary N) is 1. The molecule has 1 heterocycles. The third kappa shape index (κ3) is 7.50. The van der Waals surface area contributed by atoms with E-state index in [1.807, 2.05) is 0 Å². The number of esters is 2. The average Bonchev–Trinajstić information content (AvgIpc) is 2.95. The van der Waals surface area contributed by atoms with Crippen molar-refractivity contribution in [2.75, 3.05) is 19.8 Å². The van der Waals surface area contributed by atoms with Crippen molar-refractivity contribution >= 4 is 35.1 Å². The lowest BCUT2D eigenvalue weighted by Crippen LogP contribution is -2.37. The highest BCUT2D eigenvalue weighted by Gasteiger charge is 2.41. The second kappa shape index (κ2) is 14.4. The van der Waals surface area contributed by atoms with Crippen molar-refractivity contribution in [2.45, 2.75) is 44.8 Å². The summed E-state index contributed by atoms with van der Waals surface area (Å²) < 4.78 is 16.8. The van der Waals surface area contributed by atoms with Gasteiger partial charge in [0, 0.05) is 42.3 Å². The van der Waals surface area contributed by atoms with E-state index in [1.165, 1.54) is 42.1 Å². The molecule has 13 heteroatoms. The molecule has 1 aliphatic heterocycles. The summed E-state index contributed by atoms with van der Waals surface area (Å²) in [6, 6.07) is 11.8. The van der Waals surface area contributed by atoms with Crippen molar-refractivity contribution in [1.82, 2.24) is 5.32 Å². The van der Waals surface area contributed by atoms with Crippen LogP contribution < -0.4 is 5.32 Å².